The van der Waals surface area contributed by atoms with Crippen LogP contribution in [0.4, 0.5) is 11.4 Å². The molecule has 0 radical (unpaired) electrons. The van der Waals surface area contributed by atoms with Crippen LogP contribution in [0, 0.1) is 0 Å². The van der Waals surface area contributed by atoms with E-state index in [1.807, 2.05) is 48.5 Å². The average Bonchev–Trinajstić information content (AvgIpc) is 2.62. The van der Waals surface area contributed by atoms with E-state index in [1.165, 1.54) is 25.6 Å². The van der Waals surface area contributed by atoms with Gasteiger partial charge in [0.05, 0.1) is 16.3 Å². The van der Waals surface area contributed by atoms with Crippen LogP contribution in [0.2, 0.25) is 0 Å². The van der Waals surface area contributed by atoms with Gasteiger partial charge in [0.15, 0.2) is 11.5 Å². The first kappa shape index (κ1) is 16.5. The number of hydrogen-bond acceptors (Lipinski definition) is 6. The number of esters is 2. The number of para-hydroxylation sites is 1. The third-order valence-electron chi connectivity index (χ3n) is 3.93. The van der Waals surface area contributed by atoms with Gasteiger partial charge in [-0.25, -0.2) is 0 Å². The van der Waals surface area contributed by atoms with Crippen molar-refractivity contribution in [1.82, 2.24) is 0 Å². The van der Waals surface area contributed by atoms with E-state index in [9.17, 15) is 9.59 Å². The van der Waals surface area contributed by atoms with Crippen molar-refractivity contribution in [3.63, 3.8) is 0 Å². The van der Waals surface area contributed by atoms with Crippen LogP contribution >= 0.6 is 11.8 Å². The second-order valence-electron chi connectivity index (χ2n) is 5.82. The molecule has 4 rings (SSSR count). The average molecular weight is 365 g/mol. The Morgan fingerprint density at radius 1 is 0.846 bits per heavy atom. The van der Waals surface area contributed by atoms with Gasteiger partial charge >= 0.3 is 11.9 Å². The molecule has 3 aromatic carbocycles. The minimum absolute atomic E-state index is 0.258. The van der Waals surface area contributed by atoms with Crippen molar-refractivity contribution >= 4 is 45.8 Å². The summed E-state index contributed by atoms with van der Waals surface area (Å²) in [5.74, 6) is -0.433. The van der Waals surface area contributed by atoms with E-state index in [1.54, 1.807) is 0 Å². The zero-order valence-electron chi connectivity index (χ0n) is 14.2. The third kappa shape index (κ3) is 2.78. The molecule has 0 unspecified atom stereocenters. The van der Waals surface area contributed by atoms with Crippen molar-refractivity contribution in [2.24, 2.45) is 0 Å². The van der Waals surface area contributed by atoms with Crippen molar-refractivity contribution in [2.75, 3.05) is 5.32 Å². The molecule has 6 heteroatoms. The van der Waals surface area contributed by atoms with Gasteiger partial charge < -0.3 is 14.8 Å². The molecule has 0 atom stereocenters. The Kier molecular flexibility index (Phi) is 4.05. The molecule has 0 saturated carbocycles. The molecule has 1 aliphatic heterocycles. The molecule has 1 aliphatic rings. The van der Waals surface area contributed by atoms with Gasteiger partial charge in [-0.05, 0) is 12.1 Å². The van der Waals surface area contributed by atoms with E-state index in [-0.39, 0.29) is 11.5 Å². The summed E-state index contributed by atoms with van der Waals surface area (Å²) >= 11 is 1.48. The van der Waals surface area contributed by atoms with E-state index >= 15 is 0 Å². The summed E-state index contributed by atoms with van der Waals surface area (Å²) in [6.07, 6.45) is 0. The summed E-state index contributed by atoms with van der Waals surface area (Å²) in [6.45, 7) is 2.65. The molecule has 0 spiro atoms. The van der Waals surface area contributed by atoms with Crippen LogP contribution in [0.15, 0.2) is 58.3 Å². The van der Waals surface area contributed by atoms with Gasteiger partial charge in [0, 0.05) is 29.5 Å². The minimum Gasteiger partial charge on any atom is -0.422 e. The summed E-state index contributed by atoms with van der Waals surface area (Å²) in [5.41, 5.74) is 1.81. The van der Waals surface area contributed by atoms with Crippen LogP contribution in [-0.4, -0.2) is 11.9 Å². The summed E-state index contributed by atoms with van der Waals surface area (Å²) in [6, 6.07) is 15.4. The number of nitrogens with one attached hydrogen (secondary N) is 1. The lowest BCUT2D eigenvalue weighted by Crippen LogP contribution is -2.11. The quantitative estimate of drug-likeness (QED) is 0.403. The third-order valence-corrected chi connectivity index (χ3v) is 5.10. The van der Waals surface area contributed by atoms with Crippen LogP contribution in [-0.2, 0) is 9.59 Å². The molecule has 0 bridgehead atoms. The summed E-state index contributed by atoms with van der Waals surface area (Å²) in [5, 5.41) is 5.01. The van der Waals surface area contributed by atoms with Gasteiger partial charge in [-0.1, -0.05) is 48.2 Å². The zero-order chi connectivity index (χ0) is 18.3. The van der Waals surface area contributed by atoms with Gasteiger partial charge in [0.1, 0.15) is 0 Å². The monoisotopic (exact) mass is 365 g/mol. The highest BCUT2D eigenvalue weighted by Crippen LogP contribution is 2.55. The molecule has 1 heterocycles. The fourth-order valence-corrected chi connectivity index (χ4v) is 4.05. The van der Waals surface area contributed by atoms with Crippen molar-refractivity contribution in [3.8, 4) is 11.5 Å². The molecular weight excluding hydrogens is 350 g/mol. The maximum atomic E-state index is 11.7. The summed E-state index contributed by atoms with van der Waals surface area (Å²) < 4.78 is 10.9. The first-order chi connectivity index (χ1) is 12.5. The van der Waals surface area contributed by atoms with Crippen molar-refractivity contribution in [3.05, 3.63) is 48.5 Å². The number of rotatable bonds is 2. The minimum atomic E-state index is -0.477. The summed E-state index contributed by atoms with van der Waals surface area (Å²) in [7, 11) is 0. The molecule has 0 aliphatic carbocycles. The summed E-state index contributed by atoms with van der Waals surface area (Å²) in [4.78, 5) is 25.1. The Hall–Kier alpha value is -2.99. The van der Waals surface area contributed by atoms with Crippen molar-refractivity contribution in [2.45, 2.75) is 23.6 Å². The first-order valence-corrected chi connectivity index (χ1v) is 8.85. The van der Waals surface area contributed by atoms with E-state index in [2.05, 4.69) is 5.32 Å². The van der Waals surface area contributed by atoms with Gasteiger partial charge in [0.2, 0.25) is 0 Å². The largest absolute Gasteiger partial charge is 0.422 e. The molecule has 5 nitrogen and oxygen atoms in total. The van der Waals surface area contributed by atoms with Gasteiger partial charge in [-0.15, -0.1) is 0 Å². The fourth-order valence-electron chi connectivity index (χ4n) is 2.97. The molecule has 3 aromatic rings. The normalized spacial score (nSPS) is 11.9. The first-order valence-electron chi connectivity index (χ1n) is 8.04. The smallest absolute Gasteiger partial charge is 0.308 e. The molecule has 0 fully saturated rings. The molecule has 130 valence electrons. The lowest BCUT2D eigenvalue weighted by atomic mass is 10.1. The SMILES string of the molecule is CC(=O)Oc1c2c(c3ccccc3c1OC(C)=O)Nc1ccccc1S2. The van der Waals surface area contributed by atoms with Crippen LogP contribution in [0.1, 0.15) is 13.8 Å². The Bertz CT molecular complexity index is 1060. The number of ether oxygens (including phenoxy) is 2. The highest BCUT2D eigenvalue weighted by atomic mass is 32.2. The zero-order valence-corrected chi connectivity index (χ0v) is 15.0. The van der Waals surface area contributed by atoms with Crippen LogP contribution in [0.5, 0.6) is 11.5 Å². The number of benzene rings is 3. The van der Waals surface area contributed by atoms with Gasteiger partial charge in [-0.3, -0.25) is 9.59 Å². The lowest BCUT2D eigenvalue weighted by Gasteiger charge is -2.25. The van der Waals surface area contributed by atoms with Crippen LogP contribution in [0.25, 0.3) is 10.8 Å². The number of carbonyl (C=O) groups excluding carboxylic acids is 2. The molecule has 0 amide bonds. The second kappa shape index (κ2) is 6.38. The number of anilines is 2. The van der Waals surface area contributed by atoms with Crippen LogP contribution < -0.4 is 14.8 Å². The predicted molar refractivity (Wildman–Crippen MR) is 100 cm³/mol. The fraction of sp³-hybridized carbons (Fsp3) is 0.100. The maximum absolute atomic E-state index is 11.7. The Morgan fingerprint density at radius 3 is 2.19 bits per heavy atom. The van der Waals surface area contributed by atoms with Crippen LogP contribution in [0.3, 0.4) is 0 Å². The van der Waals surface area contributed by atoms with Crippen molar-refractivity contribution in [1.29, 1.82) is 0 Å². The Balaban J connectivity index is 2.04. The van der Waals surface area contributed by atoms with E-state index in [0.717, 1.165) is 21.7 Å². The standard InChI is InChI=1S/C20H15NO4S/c1-11(22)24-18-14-8-4-3-7-13(14)17-20(19(18)25-12(2)23)26-16-10-6-5-9-15(16)21-17/h3-10,21H,1-2H3. The van der Waals surface area contributed by atoms with Crippen molar-refractivity contribution < 1.29 is 19.1 Å². The molecular formula is C20H15NO4S. The van der Waals surface area contributed by atoms with Gasteiger partial charge in [-0.2, -0.15) is 0 Å². The topological polar surface area (TPSA) is 64.6 Å². The molecule has 0 saturated heterocycles. The Morgan fingerprint density at radius 2 is 1.46 bits per heavy atom. The molecule has 1 N–H and O–H groups in total. The van der Waals surface area contributed by atoms with E-state index < -0.39 is 11.9 Å². The number of carbonyl (C=O) groups is 2. The highest BCUT2D eigenvalue weighted by molar-refractivity contribution is 7.99. The van der Waals surface area contributed by atoms with E-state index in [0.29, 0.717) is 10.3 Å². The number of fused-ring (bicyclic) bond motifs is 4. The molecule has 26 heavy (non-hydrogen) atoms. The van der Waals surface area contributed by atoms with Gasteiger partial charge in [0.25, 0.3) is 0 Å². The maximum Gasteiger partial charge on any atom is 0.308 e. The highest BCUT2D eigenvalue weighted by Gasteiger charge is 2.28. The predicted octanol–water partition coefficient (Wildman–Crippen LogP) is 4.90. The number of hydrogen-bond donors (Lipinski definition) is 1. The molecule has 0 aromatic heterocycles. The Labute approximate surface area is 154 Å². The second-order valence-corrected chi connectivity index (χ2v) is 6.87. The lowest BCUT2D eigenvalue weighted by molar-refractivity contribution is -0.134. The van der Waals surface area contributed by atoms with E-state index in [4.69, 9.17) is 9.47 Å².